The Morgan fingerprint density at radius 1 is 1.00 bits per heavy atom. The second-order valence-corrected chi connectivity index (χ2v) is 3.88. The van der Waals surface area contributed by atoms with Crippen molar-refractivity contribution >= 4 is 0 Å². The first-order valence-corrected chi connectivity index (χ1v) is 6.16. The molecule has 1 aromatic heterocycles. The molecule has 0 aliphatic carbocycles. The largest absolute Gasteiger partial charge is 0.497 e. The van der Waals surface area contributed by atoms with Crippen molar-refractivity contribution in [3.8, 4) is 17.2 Å². The first kappa shape index (κ1) is 13.2. The van der Waals surface area contributed by atoms with E-state index in [4.69, 9.17) is 14.2 Å². The fraction of sp³-hybridized carbons (Fsp3) is 0.267. The molecule has 2 aromatic rings. The quantitative estimate of drug-likeness (QED) is 0.799. The van der Waals surface area contributed by atoms with Crippen molar-refractivity contribution in [2.24, 2.45) is 0 Å². The maximum absolute atomic E-state index is 5.68. The molecule has 19 heavy (non-hydrogen) atoms. The standard InChI is InChI=1S/C15H17NO3/c1-3-18-14-5-4-6-15(10-14)19-11-12-9-13(17-2)7-8-16-12/h4-10H,3,11H2,1-2H3. The number of benzene rings is 1. The van der Waals surface area contributed by atoms with Crippen LogP contribution in [0.4, 0.5) is 0 Å². The number of methoxy groups -OCH3 is 1. The highest BCUT2D eigenvalue weighted by atomic mass is 16.5. The van der Waals surface area contributed by atoms with Crippen LogP contribution in [0.25, 0.3) is 0 Å². The molecule has 1 heterocycles. The van der Waals surface area contributed by atoms with Crippen LogP contribution >= 0.6 is 0 Å². The van der Waals surface area contributed by atoms with E-state index in [1.54, 1.807) is 19.4 Å². The van der Waals surface area contributed by atoms with E-state index in [1.165, 1.54) is 0 Å². The number of ether oxygens (including phenoxy) is 3. The van der Waals surface area contributed by atoms with Crippen molar-refractivity contribution in [1.82, 2.24) is 4.98 Å². The van der Waals surface area contributed by atoms with Crippen LogP contribution in [-0.2, 0) is 6.61 Å². The lowest BCUT2D eigenvalue weighted by molar-refractivity contribution is 0.294. The predicted octanol–water partition coefficient (Wildman–Crippen LogP) is 3.07. The van der Waals surface area contributed by atoms with Gasteiger partial charge in [0.2, 0.25) is 0 Å². The second-order valence-electron chi connectivity index (χ2n) is 3.88. The highest BCUT2D eigenvalue weighted by molar-refractivity contribution is 5.33. The summed E-state index contributed by atoms with van der Waals surface area (Å²) in [5.41, 5.74) is 0.821. The van der Waals surface area contributed by atoms with Gasteiger partial charge in [-0.2, -0.15) is 0 Å². The molecule has 0 atom stereocenters. The van der Waals surface area contributed by atoms with Crippen LogP contribution in [-0.4, -0.2) is 18.7 Å². The Bertz CT molecular complexity index is 528. The van der Waals surface area contributed by atoms with Crippen LogP contribution in [0.3, 0.4) is 0 Å². The molecule has 0 radical (unpaired) electrons. The van der Waals surface area contributed by atoms with Crippen LogP contribution in [0.15, 0.2) is 42.6 Å². The van der Waals surface area contributed by atoms with Gasteiger partial charge in [0.15, 0.2) is 0 Å². The molecule has 0 saturated heterocycles. The van der Waals surface area contributed by atoms with Crippen molar-refractivity contribution in [3.05, 3.63) is 48.3 Å². The summed E-state index contributed by atoms with van der Waals surface area (Å²) < 4.78 is 16.2. The zero-order valence-corrected chi connectivity index (χ0v) is 11.1. The molecular weight excluding hydrogens is 242 g/mol. The maximum Gasteiger partial charge on any atom is 0.130 e. The highest BCUT2D eigenvalue weighted by Gasteiger charge is 2.01. The summed E-state index contributed by atoms with van der Waals surface area (Å²) in [4.78, 5) is 4.22. The van der Waals surface area contributed by atoms with Crippen LogP contribution in [0.1, 0.15) is 12.6 Å². The number of nitrogens with zero attached hydrogens (tertiary/aromatic N) is 1. The maximum atomic E-state index is 5.68. The van der Waals surface area contributed by atoms with Crippen molar-refractivity contribution in [1.29, 1.82) is 0 Å². The average molecular weight is 259 g/mol. The third-order valence-corrected chi connectivity index (χ3v) is 2.53. The summed E-state index contributed by atoms with van der Waals surface area (Å²) in [5.74, 6) is 2.34. The number of aromatic nitrogens is 1. The van der Waals surface area contributed by atoms with Crippen molar-refractivity contribution in [2.75, 3.05) is 13.7 Å². The van der Waals surface area contributed by atoms with Gasteiger partial charge in [-0.1, -0.05) is 6.07 Å². The Kier molecular flexibility index (Phi) is 4.61. The SMILES string of the molecule is CCOc1cccc(OCc2cc(OC)ccn2)c1. The number of hydrogen-bond acceptors (Lipinski definition) is 4. The van der Waals surface area contributed by atoms with Gasteiger partial charge in [0, 0.05) is 18.3 Å². The van der Waals surface area contributed by atoms with E-state index < -0.39 is 0 Å². The molecule has 4 heteroatoms. The Morgan fingerprint density at radius 2 is 1.79 bits per heavy atom. The molecule has 0 amide bonds. The van der Waals surface area contributed by atoms with Gasteiger partial charge < -0.3 is 14.2 Å². The third kappa shape index (κ3) is 3.88. The van der Waals surface area contributed by atoms with E-state index in [-0.39, 0.29) is 0 Å². The minimum absolute atomic E-state index is 0.396. The van der Waals surface area contributed by atoms with E-state index in [9.17, 15) is 0 Å². The van der Waals surface area contributed by atoms with E-state index in [0.717, 1.165) is 22.9 Å². The molecule has 0 bridgehead atoms. The minimum Gasteiger partial charge on any atom is -0.497 e. The van der Waals surface area contributed by atoms with Crippen LogP contribution in [0, 0.1) is 0 Å². The molecule has 100 valence electrons. The molecule has 0 aliphatic heterocycles. The number of rotatable bonds is 6. The molecule has 0 aliphatic rings. The second kappa shape index (κ2) is 6.64. The molecule has 4 nitrogen and oxygen atoms in total. The summed E-state index contributed by atoms with van der Waals surface area (Å²) in [7, 11) is 1.63. The minimum atomic E-state index is 0.396. The van der Waals surface area contributed by atoms with Gasteiger partial charge >= 0.3 is 0 Å². The van der Waals surface area contributed by atoms with Gasteiger partial charge in [-0.15, -0.1) is 0 Å². The lowest BCUT2D eigenvalue weighted by Crippen LogP contribution is -1.99. The Labute approximate surface area is 113 Å². The molecule has 0 unspecified atom stereocenters. The zero-order valence-electron chi connectivity index (χ0n) is 11.1. The van der Waals surface area contributed by atoms with Crippen LogP contribution in [0.5, 0.6) is 17.2 Å². The van der Waals surface area contributed by atoms with E-state index in [1.807, 2.05) is 37.3 Å². The normalized spacial score (nSPS) is 10.0. The van der Waals surface area contributed by atoms with Crippen molar-refractivity contribution in [3.63, 3.8) is 0 Å². The predicted molar refractivity (Wildman–Crippen MR) is 72.7 cm³/mol. The Balaban J connectivity index is 1.99. The summed E-state index contributed by atoms with van der Waals surface area (Å²) in [6.07, 6.45) is 1.70. The van der Waals surface area contributed by atoms with Crippen molar-refractivity contribution in [2.45, 2.75) is 13.5 Å². The van der Waals surface area contributed by atoms with Gasteiger partial charge in [-0.05, 0) is 25.1 Å². The summed E-state index contributed by atoms with van der Waals surface area (Å²) in [6.45, 7) is 2.99. The number of pyridine rings is 1. The van der Waals surface area contributed by atoms with Gasteiger partial charge in [-0.3, -0.25) is 4.98 Å². The van der Waals surface area contributed by atoms with Gasteiger partial charge in [0.05, 0.1) is 19.4 Å². The molecular formula is C15H17NO3. The molecule has 0 saturated carbocycles. The first-order chi connectivity index (χ1) is 9.31. The van der Waals surface area contributed by atoms with Gasteiger partial charge in [0.25, 0.3) is 0 Å². The summed E-state index contributed by atoms with van der Waals surface area (Å²) in [6, 6.07) is 11.2. The lowest BCUT2D eigenvalue weighted by Gasteiger charge is -2.08. The summed E-state index contributed by atoms with van der Waals surface area (Å²) in [5, 5.41) is 0. The zero-order chi connectivity index (χ0) is 13.5. The lowest BCUT2D eigenvalue weighted by atomic mass is 10.3. The van der Waals surface area contributed by atoms with E-state index in [0.29, 0.717) is 13.2 Å². The summed E-state index contributed by atoms with van der Waals surface area (Å²) >= 11 is 0. The topological polar surface area (TPSA) is 40.6 Å². The Morgan fingerprint density at radius 3 is 2.53 bits per heavy atom. The molecule has 0 N–H and O–H groups in total. The van der Waals surface area contributed by atoms with Gasteiger partial charge in [0.1, 0.15) is 23.9 Å². The van der Waals surface area contributed by atoms with E-state index >= 15 is 0 Å². The molecule has 0 fully saturated rings. The molecule has 0 spiro atoms. The Hall–Kier alpha value is -2.23. The first-order valence-electron chi connectivity index (χ1n) is 6.16. The smallest absolute Gasteiger partial charge is 0.130 e. The van der Waals surface area contributed by atoms with Crippen LogP contribution in [0.2, 0.25) is 0 Å². The third-order valence-electron chi connectivity index (χ3n) is 2.53. The monoisotopic (exact) mass is 259 g/mol. The van der Waals surface area contributed by atoms with Crippen molar-refractivity contribution < 1.29 is 14.2 Å². The highest BCUT2D eigenvalue weighted by Crippen LogP contribution is 2.20. The number of hydrogen-bond donors (Lipinski definition) is 0. The van der Waals surface area contributed by atoms with Crippen LogP contribution < -0.4 is 14.2 Å². The van der Waals surface area contributed by atoms with E-state index in [2.05, 4.69) is 4.98 Å². The fourth-order valence-corrected chi connectivity index (χ4v) is 1.64. The van der Waals surface area contributed by atoms with Gasteiger partial charge in [-0.25, -0.2) is 0 Å². The fourth-order valence-electron chi connectivity index (χ4n) is 1.64. The molecule has 1 aromatic carbocycles. The molecule has 2 rings (SSSR count). The average Bonchev–Trinajstić information content (AvgIpc) is 2.46.